The fourth-order valence-corrected chi connectivity index (χ4v) is 4.50. The Morgan fingerprint density at radius 2 is 2.30 bits per heavy atom. The van der Waals surface area contributed by atoms with Gasteiger partial charge in [-0.2, -0.15) is 11.8 Å². The maximum atomic E-state index is 6.14. The third-order valence-corrected chi connectivity index (χ3v) is 5.45. The molecule has 0 saturated carbocycles. The van der Waals surface area contributed by atoms with Crippen molar-refractivity contribution in [1.29, 1.82) is 0 Å². The van der Waals surface area contributed by atoms with E-state index in [2.05, 4.69) is 28.1 Å². The van der Waals surface area contributed by atoms with E-state index in [0.29, 0.717) is 6.04 Å². The lowest BCUT2D eigenvalue weighted by molar-refractivity contribution is -0.0930. The van der Waals surface area contributed by atoms with Gasteiger partial charge in [0.15, 0.2) is 0 Å². The molecule has 2 saturated heterocycles. The summed E-state index contributed by atoms with van der Waals surface area (Å²) in [6, 6.07) is 4.79. The summed E-state index contributed by atoms with van der Waals surface area (Å²) in [4.78, 5) is 4.17. The van der Waals surface area contributed by atoms with Gasteiger partial charge in [0.2, 0.25) is 0 Å². The van der Waals surface area contributed by atoms with E-state index in [1.807, 2.05) is 18.5 Å². The topological polar surface area (TPSA) is 34.2 Å². The molecule has 2 aliphatic rings. The van der Waals surface area contributed by atoms with E-state index in [1.54, 1.807) is 0 Å². The predicted molar refractivity (Wildman–Crippen MR) is 84.2 cm³/mol. The zero-order valence-electron chi connectivity index (χ0n) is 12.0. The highest BCUT2D eigenvalue weighted by molar-refractivity contribution is 7.99. The molecule has 1 aromatic rings. The normalized spacial score (nSPS) is 25.7. The van der Waals surface area contributed by atoms with Gasteiger partial charge >= 0.3 is 0 Å². The fraction of sp³-hybridized carbons (Fsp3) is 0.688. The van der Waals surface area contributed by atoms with Crippen LogP contribution in [0.2, 0.25) is 0 Å². The highest BCUT2D eigenvalue weighted by Gasteiger charge is 2.38. The van der Waals surface area contributed by atoms with Crippen LogP contribution in [0.4, 0.5) is 0 Å². The van der Waals surface area contributed by atoms with Crippen molar-refractivity contribution in [3.05, 3.63) is 30.1 Å². The minimum Gasteiger partial charge on any atom is -0.375 e. The van der Waals surface area contributed by atoms with Crippen molar-refractivity contribution in [2.75, 3.05) is 24.7 Å². The van der Waals surface area contributed by atoms with Crippen molar-refractivity contribution in [2.24, 2.45) is 0 Å². The van der Waals surface area contributed by atoms with E-state index in [0.717, 1.165) is 26.0 Å². The Kier molecular flexibility index (Phi) is 4.97. The molecule has 3 nitrogen and oxygen atoms in total. The molecule has 0 bridgehead atoms. The lowest BCUT2D eigenvalue weighted by Gasteiger charge is -2.43. The van der Waals surface area contributed by atoms with Crippen LogP contribution in [0.5, 0.6) is 0 Å². The molecule has 1 atom stereocenters. The second kappa shape index (κ2) is 6.92. The lowest BCUT2D eigenvalue weighted by atomic mass is 9.85. The first-order valence-corrected chi connectivity index (χ1v) is 8.86. The van der Waals surface area contributed by atoms with Crippen LogP contribution in [0.3, 0.4) is 0 Å². The van der Waals surface area contributed by atoms with Crippen LogP contribution < -0.4 is 5.32 Å². The molecule has 0 aliphatic carbocycles. The molecule has 2 aliphatic heterocycles. The molecule has 3 rings (SSSR count). The van der Waals surface area contributed by atoms with Crippen molar-refractivity contribution in [3.8, 4) is 0 Å². The third-order valence-electron chi connectivity index (χ3n) is 4.47. The molecule has 0 radical (unpaired) electrons. The Morgan fingerprint density at radius 3 is 3.10 bits per heavy atom. The molecule has 1 unspecified atom stereocenters. The van der Waals surface area contributed by atoms with E-state index in [9.17, 15) is 0 Å². The first kappa shape index (κ1) is 14.4. The van der Waals surface area contributed by atoms with Crippen molar-refractivity contribution in [1.82, 2.24) is 10.3 Å². The van der Waals surface area contributed by atoms with Crippen molar-refractivity contribution in [3.63, 3.8) is 0 Å². The summed E-state index contributed by atoms with van der Waals surface area (Å²) in [5.74, 6) is 2.53. The predicted octanol–water partition coefficient (Wildman–Crippen LogP) is 2.66. The molecule has 20 heavy (non-hydrogen) atoms. The van der Waals surface area contributed by atoms with Gasteiger partial charge in [-0.05, 0) is 61.8 Å². The van der Waals surface area contributed by atoms with E-state index in [4.69, 9.17) is 4.74 Å². The number of nitrogens with zero attached hydrogens (tertiary/aromatic N) is 1. The number of nitrogens with one attached hydrogen (secondary N) is 1. The third kappa shape index (κ3) is 3.74. The van der Waals surface area contributed by atoms with E-state index >= 15 is 0 Å². The van der Waals surface area contributed by atoms with Crippen molar-refractivity contribution < 1.29 is 4.74 Å². The monoisotopic (exact) mass is 292 g/mol. The van der Waals surface area contributed by atoms with E-state index < -0.39 is 0 Å². The summed E-state index contributed by atoms with van der Waals surface area (Å²) in [5, 5.41) is 3.73. The number of ether oxygens (including phenoxy) is 1. The van der Waals surface area contributed by atoms with Gasteiger partial charge in [-0.3, -0.25) is 4.98 Å². The molecule has 0 amide bonds. The molecule has 3 heterocycles. The van der Waals surface area contributed by atoms with Gasteiger partial charge in [-0.1, -0.05) is 6.07 Å². The minimum absolute atomic E-state index is 0.190. The van der Waals surface area contributed by atoms with Crippen molar-refractivity contribution >= 4 is 11.8 Å². The Balaban J connectivity index is 1.45. The maximum absolute atomic E-state index is 6.14. The zero-order valence-corrected chi connectivity index (χ0v) is 12.8. The van der Waals surface area contributed by atoms with E-state index in [-0.39, 0.29) is 5.60 Å². The molecule has 0 aromatic carbocycles. The number of rotatable bonds is 4. The quantitative estimate of drug-likeness (QED) is 0.925. The first-order valence-electron chi connectivity index (χ1n) is 7.70. The molecule has 110 valence electrons. The Morgan fingerprint density at radius 1 is 1.40 bits per heavy atom. The van der Waals surface area contributed by atoms with Crippen LogP contribution >= 0.6 is 11.8 Å². The largest absolute Gasteiger partial charge is 0.375 e. The Hall–Kier alpha value is -0.580. The standard InChI is InChI=1S/C16H24N2OS/c1-2-14(13-17-7-1)3-8-18-15-4-9-19-16(12-15)5-10-20-11-6-16/h1-2,7,13,15,18H,3-6,8-12H2. The highest BCUT2D eigenvalue weighted by atomic mass is 32.2. The summed E-state index contributed by atoms with van der Waals surface area (Å²) in [5.41, 5.74) is 1.51. The van der Waals surface area contributed by atoms with Crippen LogP contribution in [-0.4, -0.2) is 41.3 Å². The molecule has 1 aromatic heterocycles. The van der Waals surface area contributed by atoms with Crippen LogP contribution in [0.15, 0.2) is 24.5 Å². The van der Waals surface area contributed by atoms with Gasteiger partial charge in [0, 0.05) is 25.0 Å². The van der Waals surface area contributed by atoms with Crippen molar-refractivity contribution in [2.45, 2.75) is 43.7 Å². The van der Waals surface area contributed by atoms with Gasteiger partial charge in [0.05, 0.1) is 5.60 Å². The van der Waals surface area contributed by atoms with Gasteiger partial charge < -0.3 is 10.1 Å². The Bertz CT molecular complexity index is 401. The summed E-state index contributed by atoms with van der Waals surface area (Å²) in [6.45, 7) is 1.97. The number of hydrogen-bond donors (Lipinski definition) is 1. The maximum Gasteiger partial charge on any atom is 0.0713 e. The summed E-state index contributed by atoms with van der Waals surface area (Å²) in [6.07, 6.45) is 9.68. The molecule has 4 heteroatoms. The fourth-order valence-electron chi connectivity index (χ4n) is 3.26. The van der Waals surface area contributed by atoms with Gasteiger partial charge in [-0.15, -0.1) is 0 Å². The molecule has 1 N–H and O–H groups in total. The summed E-state index contributed by atoms with van der Waals surface area (Å²) >= 11 is 2.07. The van der Waals surface area contributed by atoms with Crippen LogP contribution in [0.1, 0.15) is 31.2 Å². The molecular weight excluding hydrogens is 268 g/mol. The molecule has 2 fully saturated rings. The van der Waals surface area contributed by atoms with Gasteiger partial charge in [-0.25, -0.2) is 0 Å². The number of thioether (sulfide) groups is 1. The number of aromatic nitrogens is 1. The number of hydrogen-bond acceptors (Lipinski definition) is 4. The number of pyridine rings is 1. The highest BCUT2D eigenvalue weighted by Crippen LogP contribution is 2.37. The summed E-state index contributed by atoms with van der Waals surface area (Å²) in [7, 11) is 0. The Labute approximate surface area is 125 Å². The average molecular weight is 292 g/mol. The first-order chi connectivity index (χ1) is 9.86. The smallest absolute Gasteiger partial charge is 0.0713 e. The lowest BCUT2D eigenvalue weighted by Crippen LogP contribution is -2.49. The average Bonchev–Trinajstić information content (AvgIpc) is 2.49. The van der Waals surface area contributed by atoms with Crippen LogP contribution in [0.25, 0.3) is 0 Å². The van der Waals surface area contributed by atoms with Gasteiger partial charge in [0.25, 0.3) is 0 Å². The second-order valence-electron chi connectivity index (χ2n) is 5.90. The molecule has 1 spiro atoms. The SMILES string of the molecule is c1cncc(CCNC2CCOC3(CCSCC3)C2)c1. The molecular formula is C16H24N2OS. The van der Waals surface area contributed by atoms with Crippen LogP contribution in [0, 0.1) is 0 Å². The van der Waals surface area contributed by atoms with Gasteiger partial charge in [0.1, 0.15) is 0 Å². The summed E-state index contributed by atoms with van der Waals surface area (Å²) < 4.78 is 6.14. The second-order valence-corrected chi connectivity index (χ2v) is 7.12. The minimum atomic E-state index is 0.190. The van der Waals surface area contributed by atoms with Crippen LogP contribution in [-0.2, 0) is 11.2 Å². The zero-order chi connectivity index (χ0) is 13.7. The van der Waals surface area contributed by atoms with E-state index in [1.165, 1.54) is 36.3 Å².